The molecule has 106 valence electrons. The van der Waals surface area contributed by atoms with Gasteiger partial charge in [-0.1, -0.05) is 13.3 Å². The molecule has 7 heteroatoms. The molecule has 0 aliphatic rings. The number of hydrogen-bond donors (Lipinski definition) is 3. The zero-order valence-corrected chi connectivity index (χ0v) is 11.1. The number of aliphatic carboxylic acids is 1. The van der Waals surface area contributed by atoms with Crippen molar-refractivity contribution in [3.63, 3.8) is 0 Å². The van der Waals surface area contributed by atoms with E-state index in [2.05, 4.69) is 10.6 Å². The molecule has 2 amide bonds. The zero-order valence-electron chi connectivity index (χ0n) is 11.1. The summed E-state index contributed by atoms with van der Waals surface area (Å²) in [7, 11) is 2.92. The minimum Gasteiger partial charge on any atom is -0.480 e. The summed E-state index contributed by atoms with van der Waals surface area (Å²) in [6, 6.07) is -1.72. The van der Waals surface area contributed by atoms with Gasteiger partial charge in [-0.3, -0.25) is 0 Å². The van der Waals surface area contributed by atoms with Gasteiger partial charge in [-0.2, -0.15) is 0 Å². The Bertz CT molecular complexity index is 254. The lowest BCUT2D eigenvalue weighted by atomic mass is 10.2. The molecule has 7 nitrogen and oxygen atoms in total. The first-order valence-corrected chi connectivity index (χ1v) is 5.82. The summed E-state index contributed by atoms with van der Waals surface area (Å²) in [6.45, 7) is 2.31. The van der Waals surface area contributed by atoms with Gasteiger partial charge in [0.2, 0.25) is 0 Å². The Kier molecular flexibility index (Phi) is 8.95. The summed E-state index contributed by atoms with van der Waals surface area (Å²) in [5.74, 6) is -1.13. The van der Waals surface area contributed by atoms with Crippen LogP contribution in [0.1, 0.15) is 19.8 Å². The van der Waals surface area contributed by atoms with E-state index in [9.17, 15) is 9.59 Å². The van der Waals surface area contributed by atoms with Gasteiger partial charge < -0.3 is 25.2 Å². The van der Waals surface area contributed by atoms with E-state index < -0.39 is 18.0 Å². The molecule has 2 atom stereocenters. The van der Waals surface area contributed by atoms with Crippen LogP contribution in [0.15, 0.2) is 0 Å². The van der Waals surface area contributed by atoms with Gasteiger partial charge >= 0.3 is 12.0 Å². The van der Waals surface area contributed by atoms with Gasteiger partial charge in [-0.05, 0) is 6.42 Å². The molecule has 0 aromatic carbocycles. The third-order valence-electron chi connectivity index (χ3n) is 2.28. The Morgan fingerprint density at radius 1 is 1.17 bits per heavy atom. The molecule has 0 saturated heterocycles. The summed E-state index contributed by atoms with van der Waals surface area (Å²) in [6.07, 6.45) is 1.66. The highest BCUT2D eigenvalue weighted by Crippen LogP contribution is 1.97. The number of amides is 2. The highest BCUT2D eigenvalue weighted by molar-refractivity contribution is 5.82. The van der Waals surface area contributed by atoms with Crippen molar-refractivity contribution >= 4 is 12.0 Å². The van der Waals surface area contributed by atoms with E-state index in [-0.39, 0.29) is 12.6 Å². The van der Waals surface area contributed by atoms with Crippen molar-refractivity contribution < 1.29 is 24.2 Å². The molecular weight excluding hydrogens is 240 g/mol. The van der Waals surface area contributed by atoms with Crippen LogP contribution in [0.4, 0.5) is 4.79 Å². The van der Waals surface area contributed by atoms with Crippen molar-refractivity contribution in [3.8, 4) is 0 Å². The number of rotatable bonds is 9. The molecule has 2 unspecified atom stereocenters. The molecule has 0 heterocycles. The quantitative estimate of drug-likeness (QED) is 0.551. The second kappa shape index (κ2) is 9.67. The van der Waals surface area contributed by atoms with Crippen molar-refractivity contribution in [3.05, 3.63) is 0 Å². The Morgan fingerprint density at radius 3 is 2.22 bits per heavy atom. The van der Waals surface area contributed by atoms with Gasteiger partial charge in [0.25, 0.3) is 0 Å². The number of hydrogen-bond acceptors (Lipinski definition) is 4. The molecule has 0 bridgehead atoms. The smallest absolute Gasteiger partial charge is 0.328 e. The molecule has 0 spiro atoms. The van der Waals surface area contributed by atoms with Gasteiger partial charge in [0.1, 0.15) is 0 Å². The molecule has 0 aromatic heterocycles. The van der Waals surface area contributed by atoms with Crippen LogP contribution in [0.3, 0.4) is 0 Å². The minimum absolute atomic E-state index is 0.0779. The number of nitrogens with one attached hydrogen (secondary N) is 2. The van der Waals surface area contributed by atoms with Gasteiger partial charge in [-0.25, -0.2) is 9.59 Å². The number of carboxylic acid groups (broad SMARTS) is 1. The number of carbonyl (C=O) groups is 2. The number of urea groups is 1. The fourth-order valence-electron chi connectivity index (χ4n) is 1.47. The third-order valence-corrected chi connectivity index (χ3v) is 2.28. The van der Waals surface area contributed by atoms with E-state index in [0.29, 0.717) is 6.61 Å². The summed E-state index contributed by atoms with van der Waals surface area (Å²) in [5.41, 5.74) is 0. The maximum atomic E-state index is 11.6. The lowest BCUT2D eigenvalue weighted by Crippen LogP contribution is -2.51. The van der Waals surface area contributed by atoms with E-state index in [0.717, 1.165) is 12.8 Å². The number of methoxy groups -OCH3 is 2. The SMILES string of the molecule is CCCC(COC)NC(=O)NC(COC)C(=O)O. The van der Waals surface area contributed by atoms with E-state index >= 15 is 0 Å². The monoisotopic (exact) mass is 262 g/mol. The first-order chi connectivity index (χ1) is 8.54. The lowest BCUT2D eigenvalue weighted by molar-refractivity contribution is -0.140. The predicted molar refractivity (Wildman–Crippen MR) is 65.5 cm³/mol. The highest BCUT2D eigenvalue weighted by Gasteiger charge is 2.20. The van der Waals surface area contributed by atoms with Crippen LogP contribution >= 0.6 is 0 Å². The molecule has 3 N–H and O–H groups in total. The summed E-state index contributed by atoms with van der Waals surface area (Å²) >= 11 is 0. The molecule has 0 radical (unpaired) electrons. The lowest BCUT2D eigenvalue weighted by Gasteiger charge is -2.19. The molecule has 0 aliphatic carbocycles. The van der Waals surface area contributed by atoms with E-state index in [1.165, 1.54) is 7.11 Å². The molecule has 0 saturated carbocycles. The Morgan fingerprint density at radius 2 is 1.78 bits per heavy atom. The van der Waals surface area contributed by atoms with Crippen LogP contribution < -0.4 is 10.6 Å². The van der Waals surface area contributed by atoms with Crippen molar-refractivity contribution in [2.45, 2.75) is 31.8 Å². The maximum absolute atomic E-state index is 11.6. The van der Waals surface area contributed by atoms with Crippen molar-refractivity contribution in [1.82, 2.24) is 10.6 Å². The van der Waals surface area contributed by atoms with Crippen molar-refractivity contribution in [2.75, 3.05) is 27.4 Å². The van der Waals surface area contributed by atoms with E-state index in [1.54, 1.807) is 7.11 Å². The molecule has 0 rings (SSSR count). The fourth-order valence-corrected chi connectivity index (χ4v) is 1.47. The largest absolute Gasteiger partial charge is 0.480 e. The average Bonchev–Trinajstić information content (AvgIpc) is 2.29. The van der Waals surface area contributed by atoms with Crippen LogP contribution in [0.5, 0.6) is 0 Å². The number of ether oxygens (including phenoxy) is 2. The van der Waals surface area contributed by atoms with Crippen LogP contribution in [-0.2, 0) is 14.3 Å². The second-order valence-electron chi connectivity index (χ2n) is 3.90. The summed E-state index contributed by atoms with van der Waals surface area (Å²) in [4.78, 5) is 22.4. The summed E-state index contributed by atoms with van der Waals surface area (Å²) < 4.78 is 9.69. The average molecular weight is 262 g/mol. The zero-order chi connectivity index (χ0) is 14.0. The Hall–Kier alpha value is -1.34. The topological polar surface area (TPSA) is 96.9 Å². The standard InChI is InChI=1S/C11H22N2O5/c1-4-5-8(6-17-2)12-11(16)13-9(7-18-3)10(14)15/h8-9H,4-7H2,1-3H3,(H,14,15)(H2,12,13,16). The van der Waals surface area contributed by atoms with Gasteiger partial charge in [0, 0.05) is 14.2 Å². The molecular formula is C11H22N2O5. The Labute approximate surface area is 107 Å². The first-order valence-electron chi connectivity index (χ1n) is 5.82. The predicted octanol–water partition coefficient (Wildman–Crippen LogP) is 0.200. The van der Waals surface area contributed by atoms with Gasteiger partial charge in [0.05, 0.1) is 19.3 Å². The first kappa shape index (κ1) is 16.7. The minimum atomic E-state index is -1.13. The molecule has 0 aliphatic heterocycles. The molecule has 0 aromatic rings. The highest BCUT2D eigenvalue weighted by atomic mass is 16.5. The second-order valence-corrected chi connectivity index (χ2v) is 3.90. The van der Waals surface area contributed by atoms with Crippen LogP contribution in [0.2, 0.25) is 0 Å². The molecule has 18 heavy (non-hydrogen) atoms. The van der Waals surface area contributed by atoms with E-state index in [4.69, 9.17) is 14.6 Å². The Balaban J connectivity index is 4.23. The maximum Gasteiger partial charge on any atom is 0.328 e. The van der Waals surface area contributed by atoms with Crippen LogP contribution in [0, 0.1) is 0 Å². The molecule has 0 fully saturated rings. The van der Waals surface area contributed by atoms with Crippen molar-refractivity contribution in [2.24, 2.45) is 0 Å². The summed E-state index contributed by atoms with van der Waals surface area (Å²) in [5, 5.41) is 13.9. The van der Waals surface area contributed by atoms with Crippen molar-refractivity contribution in [1.29, 1.82) is 0 Å². The van der Waals surface area contributed by atoms with Crippen LogP contribution in [0.25, 0.3) is 0 Å². The fraction of sp³-hybridized carbons (Fsp3) is 0.818. The number of carboxylic acids is 1. The van der Waals surface area contributed by atoms with E-state index in [1.807, 2.05) is 6.92 Å². The van der Waals surface area contributed by atoms with Gasteiger partial charge in [0.15, 0.2) is 6.04 Å². The number of carbonyl (C=O) groups excluding carboxylic acids is 1. The normalized spacial score (nSPS) is 13.7. The third kappa shape index (κ3) is 7.08. The van der Waals surface area contributed by atoms with Gasteiger partial charge in [-0.15, -0.1) is 0 Å². The van der Waals surface area contributed by atoms with Crippen LogP contribution in [-0.4, -0.2) is 56.6 Å².